The van der Waals surface area contributed by atoms with Gasteiger partial charge in [0, 0.05) is 11.6 Å². The molecule has 86 valence electrons. The fraction of sp³-hybridized carbons (Fsp3) is 1.00. The molecule has 0 aromatic carbocycles. The van der Waals surface area contributed by atoms with Crippen LogP contribution in [-0.4, -0.2) is 23.5 Å². The molecule has 0 aromatic rings. The Labute approximate surface area is 90.9 Å². The van der Waals surface area contributed by atoms with Gasteiger partial charge in [0.25, 0.3) is 0 Å². The molecule has 0 saturated carbocycles. The Kier molecular flexibility index (Phi) is 5.73. The topological polar surface area (TPSA) is 3.24 Å². The van der Waals surface area contributed by atoms with E-state index in [4.69, 9.17) is 0 Å². The molecule has 1 heteroatoms. The second kappa shape index (κ2) is 5.75. The third-order valence-electron chi connectivity index (χ3n) is 3.30. The van der Waals surface area contributed by atoms with E-state index < -0.39 is 0 Å². The zero-order valence-electron chi connectivity index (χ0n) is 11.2. The molecule has 0 aliphatic rings. The van der Waals surface area contributed by atoms with Crippen molar-refractivity contribution in [3.05, 3.63) is 0 Å². The molecule has 0 rings (SSSR count). The van der Waals surface area contributed by atoms with Crippen molar-refractivity contribution in [2.75, 3.05) is 7.05 Å². The zero-order chi connectivity index (χ0) is 11.4. The molecule has 14 heavy (non-hydrogen) atoms. The van der Waals surface area contributed by atoms with Crippen molar-refractivity contribution in [1.29, 1.82) is 0 Å². The largest absolute Gasteiger partial charge is 0.299 e. The minimum Gasteiger partial charge on any atom is -0.299 e. The smallest absolute Gasteiger partial charge is 0.0152 e. The fourth-order valence-corrected chi connectivity index (χ4v) is 1.82. The first-order valence-corrected chi connectivity index (χ1v) is 6.00. The second-order valence-electron chi connectivity index (χ2n) is 5.80. The Morgan fingerprint density at radius 3 is 1.93 bits per heavy atom. The van der Waals surface area contributed by atoms with Gasteiger partial charge in [-0.25, -0.2) is 0 Å². The highest BCUT2D eigenvalue weighted by Crippen LogP contribution is 2.23. The Morgan fingerprint density at radius 2 is 1.57 bits per heavy atom. The molecule has 0 saturated heterocycles. The van der Waals surface area contributed by atoms with Crippen LogP contribution in [0, 0.1) is 5.92 Å². The highest BCUT2D eigenvalue weighted by molar-refractivity contribution is 4.81. The molecular formula is C13H29N. The molecule has 1 nitrogen and oxygen atoms in total. The Balaban J connectivity index is 3.94. The molecule has 0 N–H and O–H groups in total. The summed E-state index contributed by atoms with van der Waals surface area (Å²) in [5.74, 6) is 0.843. The first kappa shape index (κ1) is 14.0. The lowest BCUT2D eigenvalue weighted by Gasteiger charge is -2.39. The maximum absolute atomic E-state index is 2.48. The number of nitrogens with zero attached hydrogens (tertiary/aromatic N) is 1. The molecule has 0 fully saturated rings. The van der Waals surface area contributed by atoms with Gasteiger partial charge in [-0.1, -0.05) is 26.7 Å². The van der Waals surface area contributed by atoms with Crippen LogP contribution in [0.1, 0.15) is 60.8 Å². The van der Waals surface area contributed by atoms with Crippen LogP contribution < -0.4 is 0 Å². The van der Waals surface area contributed by atoms with Crippen molar-refractivity contribution in [2.24, 2.45) is 5.92 Å². The molecule has 0 heterocycles. The van der Waals surface area contributed by atoms with Gasteiger partial charge >= 0.3 is 0 Å². The van der Waals surface area contributed by atoms with Gasteiger partial charge in [-0.3, -0.25) is 4.90 Å². The van der Waals surface area contributed by atoms with Crippen molar-refractivity contribution in [2.45, 2.75) is 72.4 Å². The summed E-state index contributed by atoms with van der Waals surface area (Å²) < 4.78 is 0. The average molecular weight is 199 g/mol. The van der Waals surface area contributed by atoms with Gasteiger partial charge in [0.15, 0.2) is 0 Å². The van der Waals surface area contributed by atoms with Gasteiger partial charge < -0.3 is 0 Å². The Morgan fingerprint density at radius 1 is 1.07 bits per heavy atom. The Hall–Kier alpha value is -0.0400. The fourth-order valence-electron chi connectivity index (χ4n) is 1.82. The molecule has 0 aromatic heterocycles. The van der Waals surface area contributed by atoms with Gasteiger partial charge in [-0.2, -0.15) is 0 Å². The minimum atomic E-state index is 0.350. The summed E-state index contributed by atoms with van der Waals surface area (Å²) in [6.45, 7) is 13.9. The molecule has 0 atom stereocenters. The van der Waals surface area contributed by atoms with E-state index in [2.05, 4.69) is 53.5 Å². The lowest BCUT2D eigenvalue weighted by Crippen LogP contribution is -2.45. The van der Waals surface area contributed by atoms with Crippen molar-refractivity contribution in [3.63, 3.8) is 0 Å². The molecule has 0 spiro atoms. The van der Waals surface area contributed by atoms with Gasteiger partial charge in [0.2, 0.25) is 0 Å². The van der Waals surface area contributed by atoms with Crippen LogP contribution in [0.4, 0.5) is 0 Å². The SMILES string of the molecule is CC(C)CCCC(C)(C)N(C)C(C)C. The van der Waals surface area contributed by atoms with E-state index in [0.717, 1.165) is 5.92 Å². The Bertz CT molecular complexity index is 147. The van der Waals surface area contributed by atoms with E-state index >= 15 is 0 Å². The zero-order valence-corrected chi connectivity index (χ0v) is 11.2. The van der Waals surface area contributed by atoms with Crippen LogP contribution in [-0.2, 0) is 0 Å². The summed E-state index contributed by atoms with van der Waals surface area (Å²) in [4.78, 5) is 2.48. The van der Waals surface area contributed by atoms with Crippen molar-refractivity contribution in [1.82, 2.24) is 4.90 Å². The molecule has 0 amide bonds. The van der Waals surface area contributed by atoms with E-state index in [1.165, 1.54) is 19.3 Å². The van der Waals surface area contributed by atoms with E-state index in [1.54, 1.807) is 0 Å². The summed E-state index contributed by atoms with van der Waals surface area (Å²) in [6, 6.07) is 0.643. The highest BCUT2D eigenvalue weighted by atomic mass is 15.2. The third-order valence-corrected chi connectivity index (χ3v) is 3.30. The number of rotatable bonds is 6. The monoisotopic (exact) mass is 199 g/mol. The van der Waals surface area contributed by atoms with E-state index in [0.29, 0.717) is 11.6 Å². The van der Waals surface area contributed by atoms with Crippen LogP contribution in [0.2, 0.25) is 0 Å². The number of hydrogen-bond acceptors (Lipinski definition) is 1. The predicted molar refractivity (Wildman–Crippen MR) is 65.7 cm³/mol. The highest BCUT2D eigenvalue weighted by Gasteiger charge is 2.24. The lowest BCUT2D eigenvalue weighted by molar-refractivity contribution is 0.106. The standard InChI is InChI=1S/C13H29N/c1-11(2)9-8-10-13(5,6)14(7)12(3)4/h11-12H,8-10H2,1-7H3. The first-order chi connectivity index (χ1) is 6.27. The minimum absolute atomic E-state index is 0.350. The molecule has 0 bridgehead atoms. The lowest BCUT2D eigenvalue weighted by atomic mass is 9.92. The van der Waals surface area contributed by atoms with Crippen LogP contribution in [0.3, 0.4) is 0 Å². The van der Waals surface area contributed by atoms with Gasteiger partial charge in [0.1, 0.15) is 0 Å². The summed E-state index contributed by atoms with van der Waals surface area (Å²) in [5, 5.41) is 0. The van der Waals surface area contributed by atoms with E-state index in [-0.39, 0.29) is 0 Å². The van der Waals surface area contributed by atoms with E-state index in [9.17, 15) is 0 Å². The summed E-state index contributed by atoms with van der Waals surface area (Å²) in [7, 11) is 2.24. The maximum atomic E-state index is 2.48. The number of hydrogen-bond donors (Lipinski definition) is 0. The summed E-state index contributed by atoms with van der Waals surface area (Å²) >= 11 is 0. The van der Waals surface area contributed by atoms with Gasteiger partial charge in [0.05, 0.1) is 0 Å². The second-order valence-corrected chi connectivity index (χ2v) is 5.80. The van der Waals surface area contributed by atoms with E-state index in [1.807, 2.05) is 0 Å². The molecular weight excluding hydrogens is 170 g/mol. The quantitative estimate of drug-likeness (QED) is 0.626. The molecule has 0 aliphatic carbocycles. The van der Waals surface area contributed by atoms with Crippen LogP contribution in [0.15, 0.2) is 0 Å². The molecule has 0 unspecified atom stereocenters. The first-order valence-electron chi connectivity index (χ1n) is 6.00. The summed E-state index contributed by atoms with van der Waals surface area (Å²) in [6.07, 6.45) is 4.01. The van der Waals surface area contributed by atoms with Gasteiger partial charge in [-0.15, -0.1) is 0 Å². The van der Waals surface area contributed by atoms with Crippen molar-refractivity contribution >= 4 is 0 Å². The van der Waals surface area contributed by atoms with Crippen LogP contribution in [0.25, 0.3) is 0 Å². The van der Waals surface area contributed by atoms with Crippen LogP contribution >= 0.6 is 0 Å². The van der Waals surface area contributed by atoms with Crippen molar-refractivity contribution in [3.8, 4) is 0 Å². The molecule has 0 radical (unpaired) electrons. The average Bonchev–Trinajstić information content (AvgIpc) is 2.01. The van der Waals surface area contributed by atoms with Crippen LogP contribution in [0.5, 0.6) is 0 Å². The third kappa shape index (κ3) is 4.99. The maximum Gasteiger partial charge on any atom is 0.0152 e. The molecule has 0 aliphatic heterocycles. The van der Waals surface area contributed by atoms with Gasteiger partial charge in [-0.05, 0) is 47.1 Å². The summed E-state index contributed by atoms with van der Waals surface area (Å²) in [5.41, 5.74) is 0.350. The predicted octanol–water partition coefficient (Wildman–Crippen LogP) is 3.93. The normalized spacial score (nSPS) is 13.3. The van der Waals surface area contributed by atoms with Crippen molar-refractivity contribution < 1.29 is 0 Å².